The zero-order valence-electron chi connectivity index (χ0n) is 15.0. The fraction of sp³-hybridized carbons (Fsp3) is 0.333. The number of hydrogen-bond donors (Lipinski definition) is 0. The maximum Gasteiger partial charge on any atom is 0.258 e. The van der Waals surface area contributed by atoms with Gasteiger partial charge in [-0.2, -0.15) is 0 Å². The molecule has 4 aromatic rings. The SMILES string of the molecule is O=c1cc(CN2CCN(Cc3cc(=O)n4ccsc4n3)CC2)nc2sccn12. The summed E-state index contributed by atoms with van der Waals surface area (Å²) in [5.41, 5.74) is 1.58. The van der Waals surface area contributed by atoms with Crippen LogP contribution in [0.3, 0.4) is 0 Å². The van der Waals surface area contributed by atoms with Crippen LogP contribution >= 0.6 is 22.7 Å². The van der Waals surface area contributed by atoms with Crippen LogP contribution in [0.4, 0.5) is 0 Å². The zero-order chi connectivity index (χ0) is 19.1. The van der Waals surface area contributed by atoms with Crippen molar-refractivity contribution in [1.29, 1.82) is 0 Å². The fourth-order valence-corrected chi connectivity index (χ4v) is 4.98. The smallest absolute Gasteiger partial charge is 0.258 e. The second kappa shape index (κ2) is 7.21. The molecule has 1 saturated heterocycles. The summed E-state index contributed by atoms with van der Waals surface area (Å²) in [7, 11) is 0. The molecule has 144 valence electrons. The first-order chi connectivity index (χ1) is 13.7. The predicted octanol–water partition coefficient (Wildman–Crippen LogP) is 1.14. The van der Waals surface area contributed by atoms with Gasteiger partial charge in [-0.05, 0) is 0 Å². The molecule has 1 aliphatic rings. The summed E-state index contributed by atoms with van der Waals surface area (Å²) < 4.78 is 3.15. The van der Waals surface area contributed by atoms with E-state index in [-0.39, 0.29) is 11.1 Å². The fourth-order valence-electron chi connectivity index (χ4n) is 3.50. The van der Waals surface area contributed by atoms with Crippen LogP contribution < -0.4 is 11.1 Å². The molecule has 28 heavy (non-hydrogen) atoms. The Balaban J connectivity index is 1.23. The van der Waals surface area contributed by atoms with Crippen LogP contribution in [0.15, 0.2) is 44.9 Å². The van der Waals surface area contributed by atoms with E-state index in [2.05, 4.69) is 19.8 Å². The number of thiazole rings is 2. The van der Waals surface area contributed by atoms with Crippen LogP contribution in [0, 0.1) is 0 Å². The summed E-state index contributed by atoms with van der Waals surface area (Å²) in [5, 5.41) is 3.75. The Labute approximate surface area is 167 Å². The van der Waals surface area contributed by atoms with Crippen LogP contribution in [0.5, 0.6) is 0 Å². The second-order valence-corrected chi connectivity index (χ2v) is 8.58. The molecule has 0 unspecified atom stereocenters. The van der Waals surface area contributed by atoms with Crippen LogP contribution in [-0.2, 0) is 13.1 Å². The summed E-state index contributed by atoms with van der Waals surface area (Å²) in [6, 6.07) is 3.25. The lowest BCUT2D eigenvalue weighted by Gasteiger charge is -2.34. The second-order valence-electron chi connectivity index (χ2n) is 6.83. The number of fused-ring (bicyclic) bond motifs is 2. The highest BCUT2D eigenvalue weighted by atomic mass is 32.1. The first-order valence-electron chi connectivity index (χ1n) is 9.02. The summed E-state index contributed by atoms with van der Waals surface area (Å²) in [6.45, 7) is 4.94. The minimum atomic E-state index is -0.0267. The van der Waals surface area contributed by atoms with Gasteiger partial charge < -0.3 is 0 Å². The molecule has 8 nitrogen and oxygen atoms in total. The van der Waals surface area contributed by atoms with Crippen LogP contribution in [0.1, 0.15) is 11.4 Å². The topological polar surface area (TPSA) is 75.2 Å². The average Bonchev–Trinajstić information content (AvgIpc) is 3.33. The van der Waals surface area contributed by atoms with Crippen LogP contribution in [-0.4, -0.2) is 54.7 Å². The van der Waals surface area contributed by atoms with Gasteiger partial charge in [0.2, 0.25) is 0 Å². The van der Waals surface area contributed by atoms with Gasteiger partial charge in [0.1, 0.15) is 0 Å². The first-order valence-corrected chi connectivity index (χ1v) is 10.8. The Hall–Kier alpha value is -2.40. The van der Waals surface area contributed by atoms with E-state index in [1.165, 1.54) is 22.7 Å². The molecule has 5 rings (SSSR count). The Morgan fingerprint density at radius 3 is 1.61 bits per heavy atom. The third kappa shape index (κ3) is 3.39. The number of rotatable bonds is 4. The summed E-state index contributed by atoms with van der Waals surface area (Å²) in [4.78, 5) is 39.5. The summed E-state index contributed by atoms with van der Waals surface area (Å²) in [6.07, 6.45) is 3.51. The molecule has 0 radical (unpaired) electrons. The minimum Gasteiger partial charge on any atom is -0.295 e. The monoisotopic (exact) mass is 414 g/mol. The summed E-state index contributed by atoms with van der Waals surface area (Å²) in [5.74, 6) is 0. The van der Waals surface area contributed by atoms with Crippen molar-refractivity contribution in [3.8, 4) is 0 Å². The number of hydrogen-bond acceptors (Lipinski definition) is 8. The Kier molecular flexibility index (Phi) is 4.55. The lowest BCUT2D eigenvalue weighted by molar-refractivity contribution is 0.120. The number of piperazine rings is 1. The van der Waals surface area contributed by atoms with Crippen LogP contribution in [0.25, 0.3) is 9.92 Å². The molecule has 0 atom stereocenters. The van der Waals surface area contributed by atoms with Gasteiger partial charge in [-0.1, -0.05) is 0 Å². The molecular formula is C18H18N6O2S2. The predicted molar refractivity (Wildman–Crippen MR) is 109 cm³/mol. The molecule has 1 aliphatic heterocycles. The Morgan fingerprint density at radius 1 is 0.750 bits per heavy atom. The van der Waals surface area contributed by atoms with Gasteiger partial charge in [-0.3, -0.25) is 28.2 Å². The Morgan fingerprint density at radius 2 is 1.18 bits per heavy atom. The molecule has 4 aromatic heterocycles. The van der Waals surface area contributed by atoms with Crippen LogP contribution in [0.2, 0.25) is 0 Å². The van der Waals surface area contributed by atoms with Gasteiger partial charge in [-0.15, -0.1) is 22.7 Å². The molecule has 0 aromatic carbocycles. The number of nitrogens with zero attached hydrogens (tertiary/aromatic N) is 6. The molecule has 0 spiro atoms. The van der Waals surface area contributed by atoms with Crippen molar-refractivity contribution in [2.45, 2.75) is 13.1 Å². The lowest BCUT2D eigenvalue weighted by Crippen LogP contribution is -2.45. The van der Waals surface area contributed by atoms with Crippen molar-refractivity contribution in [3.05, 3.63) is 67.4 Å². The molecule has 0 saturated carbocycles. The first kappa shape index (κ1) is 17.7. The van der Waals surface area contributed by atoms with Gasteiger partial charge in [0.25, 0.3) is 11.1 Å². The molecule has 10 heteroatoms. The van der Waals surface area contributed by atoms with Gasteiger partial charge in [0.05, 0.1) is 11.4 Å². The van der Waals surface area contributed by atoms with E-state index in [1.54, 1.807) is 33.3 Å². The van der Waals surface area contributed by atoms with Gasteiger partial charge in [0, 0.05) is 74.6 Å². The molecule has 0 amide bonds. The minimum absolute atomic E-state index is 0.0267. The number of aromatic nitrogens is 4. The van der Waals surface area contributed by atoms with E-state index in [0.29, 0.717) is 13.1 Å². The van der Waals surface area contributed by atoms with Crippen molar-refractivity contribution in [3.63, 3.8) is 0 Å². The quantitative estimate of drug-likeness (QED) is 0.499. The van der Waals surface area contributed by atoms with Crippen molar-refractivity contribution in [2.75, 3.05) is 26.2 Å². The van der Waals surface area contributed by atoms with E-state index < -0.39 is 0 Å². The normalized spacial score (nSPS) is 16.3. The van der Waals surface area contributed by atoms with E-state index in [1.807, 2.05) is 10.8 Å². The standard InChI is InChI=1S/C18H18N6O2S2/c25-15-9-13(19-17-23(15)5-7-27-17)11-21-1-2-22(4-3-21)12-14-10-16(26)24-6-8-28-18(24)20-14/h5-10H,1-4,11-12H2. The molecular weight excluding hydrogens is 396 g/mol. The molecule has 5 heterocycles. The van der Waals surface area contributed by atoms with Gasteiger partial charge in [0.15, 0.2) is 9.92 Å². The average molecular weight is 415 g/mol. The molecule has 1 fully saturated rings. The highest BCUT2D eigenvalue weighted by molar-refractivity contribution is 7.15. The maximum atomic E-state index is 12.1. The van der Waals surface area contributed by atoms with Crippen molar-refractivity contribution in [2.24, 2.45) is 0 Å². The highest BCUT2D eigenvalue weighted by Crippen LogP contribution is 2.12. The maximum absolute atomic E-state index is 12.1. The third-order valence-corrected chi connectivity index (χ3v) is 6.46. The van der Waals surface area contributed by atoms with Crippen molar-refractivity contribution in [1.82, 2.24) is 28.6 Å². The third-order valence-electron chi connectivity index (χ3n) is 4.95. The molecule has 0 aliphatic carbocycles. The van der Waals surface area contributed by atoms with E-state index in [9.17, 15) is 9.59 Å². The molecule has 0 N–H and O–H groups in total. The summed E-state index contributed by atoms with van der Waals surface area (Å²) >= 11 is 2.95. The van der Waals surface area contributed by atoms with E-state index in [0.717, 1.165) is 47.5 Å². The van der Waals surface area contributed by atoms with Gasteiger partial charge >= 0.3 is 0 Å². The Bertz CT molecular complexity index is 1150. The van der Waals surface area contributed by atoms with E-state index in [4.69, 9.17) is 0 Å². The van der Waals surface area contributed by atoms with Crippen molar-refractivity contribution < 1.29 is 0 Å². The van der Waals surface area contributed by atoms with Crippen molar-refractivity contribution >= 4 is 32.6 Å². The lowest BCUT2D eigenvalue weighted by atomic mass is 10.2. The van der Waals surface area contributed by atoms with E-state index >= 15 is 0 Å². The molecule has 0 bridgehead atoms. The largest absolute Gasteiger partial charge is 0.295 e. The highest BCUT2D eigenvalue weighted by Gasteiger charge is 2.19. The van der Waals surface area contributed by atoms with Gasteiger partial charge in [-0.25, -0.2) is 9.97 Å². The zero-order valence-corrected chi connectivity index (χ0v) is 16.7.